The molecule has 2 heteroatoms. The van der Waals surface area contributed by atoms with E-state index in [-0.39, 0.29) is 12.7 Å². The van der Waals surface area contributed by atoms with Crippen LogP contribution >= 0.6 is 0 Å². The van der Waals surface area contributed by atoms with Crippen molar-refractivity contribution in [1.29, 1.82) is 0 Å². The summed E-state index contributed by atoms with van der Waals surface area (Å²) in [7, 11) is 0. The van der Waals surface area contributed by atoms with Gasteiger partial charge in [-0.2, -0.15) is 0 Å². The number of aliphatic hydroxyl groups excluding tert-OH is 1. The van der Waals surface area contributed by atoms with Crippen molar-refractivity contribution < 1.29 is 9.84 Å². The predicted octanol–water partition coefficient (Wildman–Crippen LogP) is 0.936. The van der Waals surface area contributed by atoms with E-state index in [0.29, 0.717) is 6.10 Å². The van der Waals surface area contributed by atoms with Crippen molar-refractivity contribution in [3.63, 3.8) is 0 Å². The molecule has 0 aliphatic carbocycles. The first-order chi connectivity index (χ1) is 4.36. The van der Waals surface area contributed by atoms with Crippen LogP contribution < -0.4 is 0 Å². The van der Waals surface area contributed by atoms with Gasteiger partial charge in [0.1, 0.15) is 0 Å². The Balaban J connectivity index is 2.20. The summed E-state index contributed by atoms with van der Waals surface area (Å²) < 4.78 is 5.41. The Bertz CT molecular complexity index is 73.0. The number of hydrogen-bond donors (Lipinski definition) is 1. The van der Waals surface area contributed by atoms with Crippen LogP contribution in [-0.2, 0) is 4.74 Å². The Labute approximate surface area is 55.8 Å². The SMILES string of the molecule is CC[C@H]1CCC(CO)O1. The zero-order chi connectivity index (χ0) is 6.69. The minimum atomic E-state index is 0.134. The Kier molecular flexibility index (Phi) is 2.49. The van der Waals surface area contributed by atoms with Crippen LogP contribution in [0.2, 0.25) is 0 Å². The number of ether oxygens (including phenoxy) is 1. The van der Waals surface area contributed by atoms with Gasteiger partial charge in [-0.25, -0.2) is 0 Å². The molecular weight excluding hydrogens is 116 g/mol. The van der Waals surface area contributed by atoms with E-state index in [1.54, 1.807) is 0 Å². The summed E-state index contributed by atoms with van der Waals surface area (Å²) in [5.74, 6) is 0. The summed E-state index contributed by atoms with van der Waals surface area (Å²) >= 11 is 0. The smallest absolute Gasteiger partial charge is 0.0810 e. The number of rotatable bonds is 2. The molecule has 0 bridgehead atoms. The van der Waals surface area contributed by atoms with Gasteiger partial charge in [0.2, 0.25) is 0 Å². The maximum Gasteiger partial charge on any atom is 0.0810 e. The summed E-state index contributed by atoms with van der Waals surface area (Å²) in [4.78, 5) is 0. The molecule has 0 spiro atoms. The van der Waals surface area contributed by atoms with Gasteiger partial charge in [-0.1, -0.05) is 6.92 Å². The van der Waals surface area contributed by atoms with Crippen LogP contribution in [-0.4, -0.2) is 23.9 Å². The summed E-state index contributed by atoms with van der Waals surface area (Å²) in [5.41, 5.74) is 0. The molecule has 0 aromatic heterocycles. The lowest BCUT2D eigenvalue weighted by atomic mass is 10.2. The lowest BCUT2D eigenvalue weighted by Crippen LogP contribution is -2.13. The van der Waals surface area contributed by atoms with Gasteiger partial charge in [0, 0.05) is 0 Å². The van der Waals surface area contributed by atoms with E-state index < -0.39 is 0 Å². The van der Waals surface area contributed by atoms with Gasteiger partial charge in [0.25, 0.3) is 0 Å². The minimum Gasteiger partial charge on any atom is -0.394 e. The van der Waals surface area contributed by atoms with Crippen LogP contribution in [0.5, 0.6) is 0 Å². The molecule has 1 fully saturated rings. The Morgan fingerprint density at radius 3 is 2.44 bits per heavy atom. The number of aliphatic hydroxyl groups is 1. The van der Waals surface area contributed by atoms with Gasteiger partial charge >= 0.3 is 0 Å². The molecule has 2 atom stereocenters. The molecule has 9 heavy (non-hydrogen) atoms. The zero-order valence-electron chi connectivity index (χ0n) is 5.84. The normalized spacial score (nSPS) is 35.3. The minimum absolute atomic E-state index is 0.134. The molecule has 0 radical (unpaired) electrons. The molecule has 0 amide bonds. The van der Waals surface area contributed by atoms with E-state index in [9.17, 15) is 0 Å². The number of hydrogen-bond acceptors (Lipinski definition) is 2. The Morgan fingerprint density at radius 2 is 2.11 bits per heavy atom. The van der Waals surface area contributed by atoms with Gasteiger partial charge in [-0.3, -0.25) is 0 Å². The van der Waals surface area contributed by atoms with Crippen molar-refractivity contribution in [3.8, 4) is 0 Å². The second kappa shape index (κ2) is 3.18. The molecule has 1 unspecified atom stereocenters. The molecule has 1 rings (SSSR count). The lowest BCUT2D eigenvalue weighted by molar-refractivity contribution is 0.0106. The molecule has 1 N–H and O–H groups in total. The van der Waals surface area contributed by atoms with Crippen LogP contribution in [0.4, 0.5) is 0 Å². The molecule has 1 aliphatic heterocycles. The van der Waals surface area contributed by atoms with E-state index in [1.807, 2.05) is 0 Å². The van der Waals surface area contributed by atoms with Gasteiger partial charge in [0.15, 0.2) is 0 Å². The fourth-order valence-corrected chi connectivity index (χ4v) is 1.21. The lowest BCUT2D eigenvalue weighted by Gasteiger charge is -2.08. The predicted molar refractivity (Wildman–Crippen MR) is 35.3 cm³/mol. The van der Waals surface area contributed by atoms with E-state index in [2.05, 4.69) is 6.92 Å². The van der Waals surface area contributed by atoms with Gasteiger partial charge in [-0.05, 0) is 19.3 Å². The fraction of sp³-hybridized carbons (Fsp3) is 1.00. The summed E-state index contributed by atoms with van der Waals surface area (Å²) in [6, 6.07) is 0. The zero-order valence-corrected chi connectivity index (χ0v) is 5.84. The summed E-state index contributed by atoms with van der Waals surface area (Å²) in [6.07, 6.45) is 3.80. The third-order valence-electron chi connectivity index (χ3n) is 1.85. The van der Waals surface area contributed by atoms with Crippen molar-refractivity contribution >= 4 is 0 Å². The van der Waals surface area contributed by atoms with Crippen molar-refractivity contribution in [2.75, 3.05) is 6.61 Å². The fourth-order valence-electron chi connectivity index (χ4n) is 1.21. The average molecular weight is 130 g/mol. The highest BCUT2D eigenvalue weighted by Crippen LogP contribution is 2.20. The first-order valence-electron chi connectivity index (χ1n) is 3.63. The van der Waals surface area contributed by atoms with Gasteiger partial charge in [-0.15, -0.1) is 0 Å². The van der Waals surface area contributed by atoms with E-state index in [0.717, 1.165) is 19.3 Å². The maximum atomic E-state index is 8.65. The largest absolute Gasteiger partial charge is 0.394 e. The van der Waals surface area contributed by atoms with Crippen molar-refractivity contribution in [3.05, 3.63) is 0 Å². The molecule has 1 aliphatic rings. The van der Waals surface area contributed by atoms with Crippen molar-refractivity contribution in [1.82, 2.24) is 0 Å². The van der Waals surface area contributed by atoms with Crippen LogP contribution in [0.15, 0.2) is 0 Å². The van der Waals surface area contributed by atoms with Gasteiger partial charge in [0.05, 0.1) is 18.8 Å². The topological polar surface area (TPSA) is 29.5 Å². The second-order valence-corrected chi connectivity index (χ2v) is 2.55. The Morgan fingerprint density at radius 1 is 1.44 bits per heavy atom. The first-order valence-corrected chi connectivity index (χ1v) is 3.63. The van der Waals surface area contributed by atoms with Crippen molar-refractivity contribution in [2.45, 2.75) is 38.4 Å². The maximum absolute atomic E-state index is 8.65. The van der Waals surface area contributed by atoms with E-state index >= 15 is 0 Å². The average Bonchev–Trinajstić information content (AvgIpc) is 2.34. The molecule has 1 saturated heterocycles. The van der Waals surface area contributed by atoms with Crippen molar-refractivity contribution in [2.24, 2.45) is 0 Å². The van der Waals surface area contributed by atoms with Crippen LogP contribution in [0.25, 0.3) is 0 Å². The molecule has 54 valence electrons. The van der Waals surface area contributed by atoms with Crippen LogP contribution in [0.1, 0.15) is 26.2 Å². The second-order valence-electron chi connectivity index (χ2n) is 2.55. The standard InChI is InChI=1S/C7H14O2/c1-2-6-3-4-7(5-8)9-6/h6-8H,2-5H2,1H3/t6-,7?/m0/s1. The molecule has 0 aromatic carbocycles. The Hall–Kier alpha value is -0.0800. The summed E-state index contributed by atoms with van der Waals surface area (Å²) in [6.45, 7) is 2.31. The molecule has 0 saturated carbocycles. The van der Waals surface area contributed by atoms with Crippen LogP contribution in [0.3, 0.4) is 0 Å². The quantitative estimate of drug-likeness (QED) is 0.602. The highest BCUT2D eigenvalue weighted by Gasteiger charge is 2.22. The molecule has 2 nitrogen and oxygen atoms in total. The highest BCUT2D eigenvalue weighted by atomic mass is 16.5. The monoisotopic (exact) mass is 130 g/mol. The van der Waals surface area contributed by atoms with E-state index in [1.165, 1.54) is 0 Å². The van der Waals surface area contributed by atoms with E-state index in [4.69, 9.17) is 9.84 Å². The first kappa shape index (κ1) is 7.03. The molecule has 0 aromatic rings. The summed E-state index contributed by atoms with van der Waals surface area (Å²) in [5, 5.41) is 8.65. The van der Waals surface area contributed by atoms with Gasteiger partial charge < -0.3 is 9.84 Å². The third-order valence-corrected chi connectivity index (χ3v) is 1.85. The van der Waals surface area contributed by atoms with Crippen LogP contribution in [0, 0.1) is 0 Å². The highest BCUT2D eigenvalue weighted by molar-refractivity contribution is 4.71. The third kappa shape index (κ3) is 1.66. The molecule has 1 heterocycles. The molecular formula is C7H14O2.